The van der Waals surface area contributed by atoms with Crippen LogP contribution in [-0.4, -0.2) is 22.9 Å². The first-order chi connectivity index (χ1) is 10.8. The molecule has 0 heterocycles. The van der Waals surface area contributed by atoms with Gasteiger partial charge in [-0.15, -0.1) is 0 Å². The molecule has 120 valence electrons. The van der Waals surface area contributed by atoms with Crippen molar-refractivity contribution in [1.82, 2.24) is 0 Å². The Labute approximate surface area is 132 Å². The normalized spacial score (nSPS) is 75.0. The zero-order chi connectivity index (χ0) is 14.3. The Bertz CT molecular complexity index is 537. The lowest BCUT2D eigenvalue weighted by Crippen LogP contribution is -2.30. The molecule has 0 saturated heterocycles. The zero-order valence-corrected chi connectivity index (χ0v) is 13.2. The molecule has 0 bridgehead atoms. The molecular formula is C20H28O2. The summed E-state index contributed by atoms with van der Waals surface area (Å²) in [5.41, 5.74) is 0. The van der Waals surface area contributed by atoms with Crippen LogP contribution in [0.4, 0.5) is 0 Å². The van der Waals surface area contributed by atoms with Gasteiger partial charge in [0.25, 0.3) is 0 Å². The van der Waals surface area contributed by atoms with Crippen LogP contribution in [0.5, 0.6) is 0 Å². The van der Waals surface area contributed by atoms with Crippen LogP contribution in [0.15, 0.2) is 0 Å². The average molecular weight is 300 g/mol. The van der Waals surface area contributed by atoms with Crippen molar-refractivity contribution in [2.45, 2.75) is 38.2 Å². The van der Waals surface area contributed by atoms with Gasteiger partial charge < -0.3 is 10.2 Å². The van der Waals surface area contributed by atoms with Crippen molar-refractivity contribution >= 4 is 0 Å². The third-order valence-electron chi connectivity index (χ3n) is 10.5. The van der Waals surface area contributed by atoms with E-state index in [-0.39, 0.29) is 6.10 Å². The Hall–Kier alpha value is -0.0800. The third kappa shape index (κ3) is 0.989. The second kappa shape index (κ2) is 3.61. The zero-order valence-electron chi connectivity index (χ0n) is 13.2. The van der Waals surface area contributed by atoms with Crippen LogP contribution in [0.25, 0.3) is 0 Å². The average Bonchev–Trinajstić information content (AvgIpc) is 3.26. The van der Waals surface area contributed by atoms with Gasteiger partial charge in [-0.25, -0.2) is 0 Å². The van der Waals surface area contributed by atoms with Crippen LogP contribution in [-0.2, 0) is 0 Å². The minimum atomic E-state index is 0.0455. The monoisotopic (exact) mass is 300 g/mol. The van der Waals surface area contributed by atoms with Gasteiger partial charge in [0.2, 0.25) is 0 Å². The van der Waals surface area contributed by atoms with Gasteiger partial charge in [-0.1, -0.05) is 6.42 Å². The first-order valence-electron chi connectivity index (χ1n) is 10.1. The minimum Gasteiger partial charge on any atom is -0.396 e. The molecule has 0 amide bonds. The molecule has 0 aromatic carbocycles. The SMILES string of the molecule is OC[C@H]1[C@H]2[C@@H]3CC[C@H]4[C@@H](O)[C@@H]5[C@@H]6[C@H]7CCC[C@H]7[C@@H]1[C@H]6[C@H]2[C@H]5[C@@H]43. The molecule has 0 radical (unpaired) electrons. The highest BCUT2D eigenvalue weighted by Gasteiger charge is 2.80. The predicted molar refractivity (Wildman–Crippen MR) is 81.5 cm³/mol. The summed E-state index contributed by atoms with van der Waals surface area (Å²) in [5.74, 6) is 10.8. The molecule has 7 aliphatic carbocycles. The molecule has 0 unspecified atom stereocenters. The molecule has 0 spiro atoms. The first kappa shape index (κ1) is 12.3. The fraction of sp³-hybridized carbons (Fsp3) is 1.00. The molecule has 0 aliphatic heterocycles. The van der Waals surface area contributed by atoms with Crippen molar-refractivity contribution in [2.24, 2.45) is 76.9 Å². The van der Waals surface area contributed by atoms with E-state index in [1.54, 1.807) is 0 Å². The summed E-state index contributed by atoms with van der Waals surface area (Å²) in [6.45, 7) is 0.464. The highest BCUT2D eigenvalue weighted by Crippen LogP contribution is 2.82. The van der Waals surface area contributed by atoms with E-state index in [0.29, 0.717) is 24.4 Å². The maximum Gasteiger partial charge on any atom is 0.0605 e. The summed E-state index contributed by atoms with van der Waals surface area (Å²) in [7, 11) is 0. The van der Waals surface area contributed by atoms with Gasteiger partial charge in [0.15, 0.2) is 0 Å². The lowest BCUT2D eigenvalue weighted by atomic mass is 9.75. The summed E-state index contributed by atoms with van der Waals surface area (Å²) in [6, 6.07) is 0. The number of fused-ring (bicyclic) bond motifs is 5. The van der Waals surface area contributed by atoms with E-state index in [1.807, 2.05) is 0 Å². The number of hydrogen-bond acceptors (Lipinski definition) is 2. The molecule has 7 aliphatic rings. The Morgan fingerprint density at radius 3 is 2.05 bits per heavy atom. The molecule has 0 aromatic heterocycles. The molecule has 0 aromatic rings. The largest absolute Gasteiger partial charge is 0.396 e. The van der Waals surface area contributed by atoms with E-state index in [2.05, 4.69) is 0 Å². The lowest BCUT2D eigenvalue weighted by Gasteiger charge is -2.31. The lowest BCUT2D eigenvalue weighted by molar-refractivity contribution is 0.0456. The topological polar surface area (TPSA) is 40.5 Å². The van der Waals surface area contributed by atoms with Crippen molar-refractivity contribution < 1.29 is 10.2 Å². The molecule has 7 rings (SSSR count). The molecule has 2 nitrogen and oxygen atoms in total. The Morgan fingerprint density at radius 1 is 0.591 bits per heavy atom. The quantitative estimate of drug-likeness (QED) is 0.780. The van der Waals surface area contributed by atoms with Gasteiger partial charge in [-0.2, -0.15) is 0 Å². The molecule has 22 heavy (non-hydrogen) atoms. The van der Waals surface area contributed by atoms with Crippen molar-refractivity contribution in [2.75, 3.05) is 6.61 Å². The second-order valence-corrected chi connectivity index (χ2v) is 10.1. The fourth-order valence-corrected chi connectivity index (χ4v) is 10.9. The minimum absolute atomic E-state index is 0.0455. The number of rotatable bonds is 1. The highest BCUT2D eigenvalue weighted by molar-refractivity contribution is 5.27. The van der Waals surface area contributed by atoms with Gasteiger partial charge in [0.1, 0.15) is 0 Å². The molecular weight excluding hydrogens is 272 g/mol. The fourth-order valence-electron chi connectivity index (χ4n) is 10.9. The smallest absolute Gasteiger partial charge is 0.0605 e. The van der Waals surface area contributed by atoms with Crippen molar-refractivity contribution in [1.29, 1.82) is 0 Å². The van der Waals surface area contributed by atoms with Crippen molar-refractivity contribution in [3.63, 3.8) is 0 Å². The van der Waals surface area contributed by atoms with E-state index >= 15 is 0 Å². The summed E-state index contributed by atoms with van der Waals surface area (Å²) in [4.78, 5) is 0. The highest BCUT2D eigenvalue weighted by atomic mass is 16.3. The number of aliphatic hydroxyl groups excluding tert-OH is 2. The van der Waals surface area contributed by atoms with Gasteiger partial charge in [-0.05, 0) is 103 Å². The van der Waals surface area contributed by atoms with E-state index in [0.717, 1.165) is 59.2 Å². The summed E-state index contributed by atoms with van der Waals surface area (Å²) >= 11 is 0. The molecule has 7 saturated carbocycles. The number of hydrogen-bond donors (Lipinski definition) is 2. The standard InChI is InChI=1S/C20H28O2/c21-6-11-12-7-2-1-3-8(7)15-16(12)17-14(11)9-4-5-10-13(9)18(17)19(15)20(10)22/h7-22H,1-6H2/t7-,8+,9-,10-,11-,12+,13-,14-,15-,16-,17+,18-,19-,20-/m1/s1. The molecule has 2 heteroatoms. The van der Waals surface area contributed by atoms with Gasteiger partial charge in [0, 0.05) is 6.61 Å². The third-order valence-corrected chi connectivity index (χ3v) is 10.5. The van der Waals surface area contributed by atoms with Gasteiger partial charge in [0.05, 0.1) is 6.10 Å². The van der Waals surface area contributed by atoms with Crippen LogP contribution in [0, 0.1) is 76.9 Å². The molecule has 2 N–H and O–H groups in total. The Kier molecular flexibility index (Phi) is 2.02. The van der Waals surface area contributed by atoms with Crippen molar-refractivity contribution in [3.8, 4) is 0 Å². The van der Waals surface area contributed by atoms with E-state index < -0.39 is 0 Å². The molecule has 14 atom stereocenters. The summed E-state index contributed by atoms with van der Waals surface area (Å²) in [5, 5.41) is 21.4. The van der Waals surface area contributed by atoms with Gasteiger partial charge >= 0.3 is 0 Å². The molecule has 7 fully saturated rings. The van der Waals surface area contributed by atoms with Crippen LogP contribution in [0.1, 0.15) is 32.1 Å². The van der Waals surface area contributed by atoms with Crippen LogP contribution in [0.2, 0.25) is 0 Å². The maximum absolute atomic E-state index is 11.1. The maximum atomic E-state index is 11.1. The van der Waals surface area contributed by atoms with E-state index in [9.17, 15) is 10.2 Å². The van der Waals surface area contributed by atoms with Crippen LogP contribution < -0.4 is 0 Å². The Balaban J connectivity index is 1.46. The summed E-state index contributed by atoms with van der Waals surface area (Å²) < 4.78 is 0. The first-order valence-corrected chi connectivity index (χ1v) is 10.1. The summed E-state index contributed by atoms with van der Waals surface area (Å²) in [6.07, 6.45) is 7.00. The van der Waals surface area contributed by atoms with Gasteiger partial charge in [-0.3, -0.25) is 0 Å². The van der Waals surface area contributed by atoms with Crippen LogP contribution >= 0.6 is 0 Å². The van der Waals surface area contributed by atoms with Crippen molar-refractivity contribution in [3.05, 3.63) is 0 Å². The van der Waals surface area contributed by atoms with E-state index in [1.165, 1.54) is 32.1 Å². The second-order valence-electron chi connectivity index (χ2n) is 10.1. The Morgan fingerprint density at radius 2 is 1.23 bits per heavy atom. The van der Waals surface area contributed by atoms with E-state index in [4.69, 9.17) is 0 Å². The number of aliphatic hydroxyl groups is 2. The predicted octanol–water partition coefficient (Wildman–Crippen LogP) is 2.40. The van der Waals surface area contributed by atoms with Crippen LogP contribution in [0.3, 0.4) is 0 Å².